The smallest absolute Gasteiger partial charge is 0.229 e. The number of hydrogen-bond acceptors (Lipinski definition) is 9. The number of anilines is 6. The SMILES string of the molecule is CCN(c1ccccc1Nc1nc(Nc2ccc(N3CCC4(CCNCC4)CC3)cc2OC)ncc1Cl)S(=O)[O-]. The average molecular weight is 585 g/mol. The highest BCUT2D eigenvalue weighted by molar-refractivity contribution is 7.80. The molecule has 2 aromatic carbocycles. The lowest BCUT2D eigenvalue weighted by Gasteiger charge is -2.45. The molecule has 0 aliphatic carbocycles. The second-order valence-electron chi connectivity index (χ2n) is 10.2. The zero-order valence-electron chi connectivity index (χ0n) is 22.8. The lowest BCUT2D eigenvalue weighted by molar-refractivity contribution is 0.155. The van der Waals surface area contributed by atoms with E-state index in [0.717, 1.165) is 37.6 Å². The van der Waals surface area contributed by atoms with Gasteiger partial charge in [-0.3, -0.25) is 4.21 Å². The van der Waals surface area contributed by atoms with Crippen molar-refractivity contribution in [1.82, 2.24) is 15.3 Å². The minimum atomic E-state index is -2.42. The molecule has 0 amide bonds. The maximum atomic E-state index is 11.7. The van der Waals surface area contributed by atoms with Crippen molar-refractivity contribution in [2.75, 3.05) is 59.7 Å². The van der Waals surface area contributed by atoms with Gasteiger partial charge < -0.3 is 34.4 Å². The molecule has 2 aliphatic heterocycles. The van der Waals surface area contributed by atoms with E-state index in [1.54, 1.807) is 32.2 Å². The van der Waals surface area contributed by atoms with Crippen LogP contribution in [-0.4, -0.2) is 58.6 Å². The van der Waals surface area contributed by atoms with Crippen LogP contribution in [-0.2, 0) is 11.3 Å². The van der Waals surface area contributed by atoms with Gasteiger partial charge in [-0.05, 0) is 75.4 Å². The first-order chi connectivity index (χ1) is 19.4. The van der Waals surface area contributed by atoms with Gasteiger partial charge in [0.1, 0.15) is 10.8 Å². The van der Waals surface area contributed by atoms with Gasteiger partial charge in [-0.15, -0.1) is 0 Å². The molecule has 12 heteroatoms. The van der Waals surface area contributed by atoms with Crippen LogP contribution in [0.3, 0.4) is 0 Å². The lowest BCUT2D eigenvalue weighted by Crippen LogP contribution is -2.45. The molecule has 3 heterocycles. The second kappa shape index (κ2) is 12.6. The number of nitrogens with zero attached hydrogens (tertiary/aromatic N) is 4. The molecule has 1 aromatic heterocycles. The van der Waals surface area contributed by atoms with Crippen molar-refractivity contribution in [2.24, 2.45) is 5.41 Å². The highest BCUT2D eigenvalue weighted by atomic mass is 35.5. The van der Waals surface area contributed by atoms with Crippen LogP contribution in [0, 0.1) is 5.41 Å². The van der Waals surface area contributed by atoms with Crippen molar-refractivity contribution < 1.29 is 13.5 Å². The summed E-state index contributed by atoms with van der Waals surface area (Å²) >= 11 is 3.99. The Balaban J connectivity index is 1.32. The van der Waals surface area contributed by atoms with E-state index in [4.69, 9.17) is 16.3 Å². The third-order valence-electron chi connectivity index (χ3n) is 7.92. The van der Waals surface area contributed by atoms with Gasteiger partial charge in [-0.1, -0.05) is 23.7 Å². The highest BCUT2D eigenvalue weighted by Crippen LogP contribution is 2.41. The van der Waals surface area contributed by atoms with E-state index in [9.17, 15) is 8.76 Å². The normalized spacial score (nSPS) is 17.4. The molecule has 0 radical (unpaired) electrons. The summed E-state index contributed by atoms with van der Waals surface area (Å²) in [6.45, 7) is 6.39. The molecule has 2 saturated heterocycles. The molecule has 1 spiro atoms. The number of nitrogens with one attached hydrogen (secondary N) is 3. The number of methoxy groups -OCH3 is 1. The van der Waals surface area contributed by atoms with E-state index in [2.05, 4.69) is 43.0 Å². The molecule has 10 nitrogen and oxygen atoms in total. The van der Waals surface area contributed by atoms with Gasteiger partial charge >= 0.3 is 0 Å². The second-order valence-corrected chi connectivity index (χ2v) is 11.5. The van der Waals surface area contributed by atoms with Crippen molar-refractivity contribution in [3.8, 4) is 5.75 Å². The van der Waals surface area contributed by atoms with Crippen molar-refractivity contribution >= 4 is 57.4 Å². The average Bonchev–Trinajstić information content (AvgIpc) is 2.97. The van der Waals surface area contributed by atoms with Crippen molar-refractivity contribution in [3.05, 3.63) is 53.7 Å². The Morgan fingerprint density at radius 3 is 2.58 bits per heavy atom. The summed E-state index contributed by atoms with van der Waals surface area (Å²) in [5, 5.41) is 10.2. The number of rotatable bonds is 9. The van der Waals surface area contributed by atoms with E-state index >= 15 is 0 Å². The molecular formula is C28H35ClN7O3S-. The van der Waals surface area contributed by atoms with Crippen LogP contribution >= 0.6 is 11.6 Å². The van der Waals surface area contributed by atoms with Gasteiger partial charge in [0.05, 0.1) is 30.4 Å². The Hall–Kier alpha value is -3.12. The Morgan fingerprint density at radius 2 is 1.88 bits per heavy atom. The van der Waals surface area contributed by atoms with Gasteiger partial charge in [0.25, 0.3) is 0 Å². The van der Waals surface area contributed by atoms with Crippen LogP contribution < -0.4 is 29.9 Å². The topological polar surface area (TPSA) is 118 Å². The van der Waals surface area contributed by atoms with Gasteiger partial charge in [-0.2, -0.15) is 4.98 Å². The monoisotopic (exact) mass is 584 g/mol. The van der Waals surface area contributed by atoms with Gasteiger partial charge in [-0.25, -0.2) is 4.98 Å². The van der Waals surface area contributed by atoms with E-state index in [1.165, 1.54) is 36.2 Å². The third-order valence-corrected chi connectivity index (χ3v) is 9.01. The number of ether oxygens (including phenoxy) is 1. The van der Waals surface area contributed by atoms with Crippen LogP contribution in [0.15, 0.2) is 48.7 Å². The van der Waals surface area contributed by atoms with Gasteiger partial charge in [0, 0.05) is 42.7 Å². The summed E-state index contributed by atoms with van der Waals surface area (Å²) in [5.41, 5.74) is 3.40. The lowest BCUT2D eigenvalue weighted by atomic mass is 9.71. The number of aromatic nitrogens is 2. The summed E-state index contributed by atoms with van der Waals surface area (Å²) in [5.74, 6) is 1.35. The van der Waals surface area contributed by atoms with Gasteiger partial charge in [0.15, 0.2) is 5.82 Å². The maximum Gasteiger partial charge on any atom is 0.229 e. The molecule has 40 heavy (non-hydrogen) atoms. The quantitative estimate of drug-likeness (QED) is 0.291. The summed E-state index contributed by atoms with van der Waals surface area (Å²) in [4.78, 5) is 11.3. The molecule has 3 aromatic rings. The summed E-state index contributed by atoms with van der Waals surface area (Å²) in [6.07, 6.45) is 6.47. The molecular weight excluding hydrogens is 550 g/mol. The van der Waals surface area contributed by atoms with E-state index in [-0.39, 0.29) is 6.54 Å². The Kier molecular flexibility index (Phi) is 8.94. The van der Waals surface area contributed by atoms with Crippen LogP contribution in [0.4, 0.5) is 34.5 Å². The molecule has 1 unspecified atom stereocenters. The number of hydrogen-bond donors (Lipinski definition) is 3. The minimum Gasteiger partial charge on any atom is -0.755 e. The van der Waals surface area contributed by atoms with Crippen molar-refractivity contribution in [2.45, 2.75) is 32.6 Å². The van der Waals surface area contributed by atoms with E-state index in [1.807, 2.05) is 12.1 Å². The highest BCUT2D eigenvalue weighted by Gasteiger charge is 2.35. The Morgan fingerprint density at radius 1 is 1.12 bits per heavy atom. The van der Waals surface area contributed by atoms with E-state index < -0.39 is 11.3 Å². The minimum absolute atomic E-state index is 0.282. The summed E-state index contributed by atoms with van der Waals surface area (Å²) < 4.78 is 30.4. The van der Waals surface area contributed by atoms with E-state index in [0.29, 0.717) is 39.3 Å². The molecule has 2 fully saturated rings. The predicted molar refractivity (Wildman–Crippen MR) is 161 cm³/mol. The number of halogens is 1. The van der Waals surface area contributed by atoms with Crippen LogP contribution in [0.1, 0.15) is 32.6 Å². The zero-order valence-corrected chi connectivity index (χ0v) is 24.4. The molecule has 214 valence electrons. The maximum absolute atomic E-state index is 11.7. The third kappa shape index (κ3) is 6.27. The summed E-state index contributed by atoms with van der Waals surface area (Å²) in [7, 11) is 1.65. The first kappa shape index (κ1) is 28.4. The van der Waals surface area contributed by atoms with Crippen LogP contribution in [0.2, 0.25) is 5.02 Å². The molecule has 5 rings (SSSR count). The van der Waals surface area contributed by atoms with Crippen molar-refractivity contribution in [1.29, 1.82) is 0 Å². The predicted octanol–water partition coefficient (Wildman–Crippen LogP) is 5.22. The first-order valence-electron chi connectivity index (χ1n) is 13.6. The fourth-order valence-electron chi connectivity index (χ4n) is 5.59. The molecule has 1 atom stereocenters. The standard InChI is InChI=1S/C28H36ClN7O3S/c1-3-36(40(37)38)24-7-5-4-6-22(24)32-26-21(29)19-31-27(34-26)33-23-9-8-20(18-25(23)39-2)35-16-12-28(13-17-35)10-14-30-15-11-28/h4-9,18-19,30H,3,10-17H2,1-2H3,(H,37,38)(H2,31,32,33,34)/p-1. The fourth-order valence-corrected chi connectivity index (χ4v) is 6.26. The molecule has 3 N–H and O–H groups in total. The Bertz CT molecular complexity index is 1350. The zero-order chi connectivity index (χ0) is 28.1. The fraction of sp³-hybridized carbons (Fsp3) is 0.429. The van der Waals surface area contributed by atoms with Crippen LogP contribution in [0.25, 0.3) is 0 Å². The van der Waals surface area contributed by atoms with Gasteiger partial charge in [0.2, 0.25) is 5.95 Å². The Labute approximate surface area is 242 Å². The number of benzene rings is 2. The number of para-hydroxylation sites is 2. The molecule has 0 saturated carbocycles. The first-order valence-corrected chi connectivity index (χ1v) is 15.0. The number of piperidine rings is 2. The largest absolute Gasteiger partial charge is 0.755 e. The van der Waals surface area contributed by atoms with Crippen molar-refractivity contribution in [3.63, 3.8) is 0 Å². The summed E-state index contributed by atoms with van der Waals surface area (Å²) in [6, 6.07) is 13.2. The van der Waals surface area contributed by atoms with Crippen LogP contribution in [0.5, 0.6) is 5.75 Å². The molecule has 0 bridgehead atoms. The molecule has 2 aliphatic rings.